The molecule has 3 heterocycles. The number of rotatable bonds is 2. The fourth-order valence-electron chi connectivity index (χ4n) is 3.15. The number of hydrogen-bond donors (Lipinski definition) is 0. The highest BCUT2D eigenvalue weighted by molar-refractivity contribution is 5.66. The first-order chi connectivity index (χ1) is 11.3. The molecule has 1 aliphatic rings. The average molecular weight is 307 g/mol. The van der Waals surface area contributed by atoms with E-state index < -0.39 is 0 Å². The summed E-state index contributed by atoms with van der Waals surface area (Å²) in [5, 5.41) is 4.48. The van der Waals surface area contributed by atoms with Crippen LogP contribution in [0, 0.1) is 0 Å². The normalized spacial score (nSPS) is 16.7. The van der Waals surface area contributed by atoms with Gasteiger partial charge in [-0.15, -0.1) is 0 Å². The predicted octanol–water partition coefficient (Wildman–Crippen LogP) is 2.54. The zero-order valence-electron chi connectivity index (χ0n) is 13.4. The summed E-state index contributed by atoms with van der Waals surface area (Å²) in [6.45, 7) is 4.29. The lowest BCUT2D eigenvalue weighted by molar-refractivity contribution is 0.360. The van der Waals surface area contributed by atoms with Crippen LogP contribution in [0.3, 0.4) is 0 Å². The molecular weight excluding hydrogens is 286 g/mol. The smallest absolute Gasteiger partial charge is 0.157 e. The number of anilines is 1. The molecular formula is C18H21N5. The molecule has 0 radical (unpaired) electrons. The highest BCUT2D eigenvalue weighted by Gasteiger charge is 2.17. The summed E-state index contributed by atoms with van der Waals surface area (Å²) in [4.78, 5) is 9.58. The molecule has 0 bridgehead atoms. The fourth-order valence-corrected chi connectivity index (χ4v) is 3.15. The number of likely N-dealkylation sites (N-methyl/N-ethyl adjacent to an activating group) is 1. The van der Waals surface area contributed by atoms with Crippen LogP contribution in [0.1, 0.15) is 6.42 Å². The van der Waals surface area contributed by atoms with Gasteiger partial charge in [0.15, 0.2) is 5.65 Å². The van der Waals surface area contributed by atoms with E-state index in [0.717, 1.165) is 48.9 Å². The summed E-state index contributed by atoms with van der Waals surface area (Å²) in [6, 6.07) is 14.5. The van der Waals surface area contributed by atoms with Crippen LogP contribution >= 0.6 is 0 Å². The summed E-state index contributed by atoms with van der Waals surface area (Å²) in [5.41, 5.74) is 3.05. The highest BCUT2D eigenvalue weighted by Crippen LogP contribution is 2.25. The van der Waals surface area contributed by atoms with E-state index in [1.54, 1.807) is 0 Å². The minimum Gasteiger partial charge on any atom is -0.355 e. The van der Waals surface area contributed by atoms with E-state index in [0.29, 0.717) is 0 Å². The van der Waals surface area contributed by atoms with Crippen molar-refractivity contribution in [2.45, 2.75) is 6.42 Å². The molecule has 0 aliphatic carbocycles. The maximum atomic E-state index is 4.76. The molecule has 3 aromatic rings. The van der Waals surface area contributed by atoms with Gasteiger partial charge in [0, 0.05) is 37.3 Å². The van der Waals surface area contributed by atoms with Gasteiger partial charge < -0.3 is 9.80 Å². The van der Waals surface area contributed by atoms with E-state index in [2.05, 4.69) is 52.3 Å². The molecule has 5 nitrogen and oxygen atoms in total. The number of fused-ring (bicyclic) bond motifs is 1. The van der Waals surface area contributed by atoms with Crippen molar-refractivity contribution >= 4 is 11.5 Å². The van der Waals surface area contributed by atoms with Crippen LogP contribution in [0.4, 0.5) is 5.82 Å². The summed E-state index contributed by atoms with van der Waals surface area (Å²) in [5.74, 6) is 1.13. The highest BCUT2D eigenvalue weighted by atomic mass is 15.4. The lowest BCUT2D eigenvalue weighted by atomic mass is 10.1. The molecule has 0 spiro atoms. The van der Waals surface area contributed by atoms with E-state index in [1.807, 2.05) is 22.8 Å². The van der Waals surface area contributed by atoms with Gasteiger partial charge in [-0.05, 0) is 20.0 Å². The van der Waals surface area contributed by atoms with Gasteiger partial charge >= 0.3 is 0 Å². The van der Waals surface area contributed by atoms with Crippen molar-refractivity contribution < 1.29 is 0 Å². The Bertz CT molecular complexity index is 796. The molecule has 1 aromatic carbocycles. The molecule has 0 N–H and O–H groups in total. The van der Waals surface area contributed by atoms with Gasteiger partial charge in [0.1, 0.15) is 5.82 Å². The summed E-state index contributed by atoms with van der Waals surface area (Å²) >= 11 is 0. The average Bonchev–Trinajstić information content (AvgIpc) is 2.96. The Labute approximate surface area is 136 Å². The van der Waals surface area contributed by atoms with Crippen molar-refractivity contribution in [1.29, 1.82) is 0 Å². The Kier molecular flexibility index (Phi) is 3.71. The maximum Gasteiger partial charge on any atom is 0.157 e. The van der Waals surface area contributed by atoms with E-state index in [1.165, 1.54) is 6.42 Å². The van der Waals surface area contributed by atoms with Gasteiger partial charge in [0.2, 0.25) is 0 Å². The lowest BCUT2D eigenvalue weighted by Gasteiger charge is -2.23. The second-order valence-electron chi connectivity index (χ2n) is 6.11. The minimum absolute atomic E-state index is 0.902. The largest absolute Gasteiger partial charge is 0.355 e. The van der Waals surface area contributed by atoms with Gasteiger partial charge in [0.05, 0.1) is 11.9 Å². The summed E-state index contributed by atoms with van der Waals surface area (Å²) < 4.78 is 1.96. The van der Waals surface area contributed by atoms with Crippen molar-refractivity contribution in [1.82, 2.24) is 19.5 Å². The van der Waals surface area contributed by atoms with Crippen molar-refractivity contribution in [2.24, 2.45) is 0 Å². The van der Waals surface area contributed by atoms with E-state index in [-0.39, 0.29) is 0 Å². The van der Waals surface area contributed by atoms with Gasteiger partial charge in [-0.1, -0.05) is 30.3 Å². The topological polar surface area (TPSA) is 36.7 Å². The third kappa shape index (κ3) is 2.80. The van der Waals surface area contributed by atoms with Gasteiger partial charge in [-0.2, -0.15) is 9.61 Å². The van der Waals surface area contributed by atoms with Crippen LogP contribution in [0.2, 0.25) is 0 Å². The first-order valence-corrected chi connectivity index (χ1v) is 8.15. The summed E-state index contributed by atoms with van der Waals surface area (Å²) in [7, 11) is 2.19. The number of hydrogen-bond acceptors (Lipinski definition) is 4. The number of benzene rings is 1. The molecule has 23 heavy (non-hydrogen) atoms. The molecule has 4 rings (SSSR count). The van der Waals surface area contributed by atoms with Crippen LogP contribution < -0.4 is 4.90 Å². The molecule has 0 atom stereocenters. The SMILES string of the molecule is CN1CCCN(c2cc(-c3ccccc3)nc3ccnn23)CC1. The first-order valence-electron chi connectivity index (χ1n) is 8.15. The number of nitrogens with zero attached hydrogens (tertiary/aromatic N) is 5. The molecule has 5 heteroatoms. The van der Waals surface area contributed by atoms with Crippen molar-refractivity contribution in [2.75, 3.05) is 38.1 Å². The van der Waals surface area contributed by atoms with Gasteiger partial charge in [0.25, 0.3) is 0 Å². The zero-order chi connectivity index (χ0) is 15.6. The van der Waals surface area contributed by atoms with Crippen LogP contribution in [0.25, 0.3) is 16.9 Å². The summed E-state index contributed by atoms with van der Waals surface area (Å²) in [6.07, 6.45) is 2.99. The molecule has 118 valence electrons. The van der Waals surface area contributed by atoms with Gasteiger partial charge in [-0.25, -0.2) is 4.98 Å². The molecule has 0 amide bonds. The monoisotopic (exact) mass is 307 g/mol. The van der Waals surface area contributed by atoms with Crippen LogP contribution in [-0.2, 0) is 0 Å². The Hall–Kier alpha value is -2.40. The Morgan fingerprint density at radius 3 is 2.70 bits per heavy atom. The lowest BCUT2D eigenvalue weighted by Crippen LogP contribution is -2.30. The maximum absolute atomic E-state index is 4.76. The van der Waals surface area contributed by atoms with Crippen molar-refractivity contribution in [3.63, 3.8) is 0 Å². The Morgan fingerprint density at radius 1 is 0.957 bits per heavy atom. The second-order valence-corrected chi connectivity index (χ2v) is 6.11. The molecule has 0 unspecified atom stereocenters. The molecule has 0 saturated carbocycles. The number of aromatic nitrogens is 3. The van der Waals surface area contributed by atoms with Crippen LogP contribution in [0.15, 0.2) is 48.7 Å². The zero-order valence-corrected chi connectivity index (χ0v) is 13.4. The van der Waals surface area contributed by atoms with Crippen LogP contribution in [0.5, 0.6) is 0 Å². The Morgan fingerprint density at radius 2 is 1.83 bits per heavy atom. The molecule has 1 saturated heterocycles. The quantitative estimate of drug-likeness (QED) is 0.729. The third-order valence-corrected chi connectivity index (χ3v) is 4.45. The van der Waals surface area contributed by atoms with Crippen LogP contribution in [-0.4, -0.2) is 52.7 Å². The van der Waals surface area contributed by atoms with Crippen molar-refractivity contribution in [3.05, 3.63) is 48.7 Å². The fraction of sp³-hybridized carbons (Fsp3) is 0.333. The third-order valence-electron chi connectivity index (χ3n) is 4.45. The van der Waals surface area contributed by atoms with Crippen molar-refractivity contribution in [3.8, 4) is 11.3 Å². The predicted molar refractivity (Wildman–Crippen MR) is 92.8 cm³/mol. The molecule has 1 fully saturated rings. The standard InChI is InChI=1S/C18H21N5/c1-21-10-5-11-22(13-12-21)18-14-16(15-6-3-2-4-7-15)20-17-8-9-19-23(17)18/h2-4,6-9,14H,5,10-13H2,1H3. The Balaban J connectivity index is 1.80. The van der Waals surface area contributed by atoms with E-state index in [4.69, 9.17) is 4.98 Å². The second kappa shape index (κ2) is 6.01. The van der Waals surface area contributed by atoms with E-state index in [9.17, 15) is 0 Å². The molecule has 1 aliphatic heterocycles. The van der Waals surface area contributed by atoms with Gasteiger partial charge in [-0.3, -0.25) is 0 Å². The van der Waals surface area contributed by atoms with E-state index >= 15 is 0 Å². The first kappa shape index (κ1) is 14.2. The minimum atomic E-state index is 0.902. The molecule has 2 aromatic heterocycles.